The highest BCUT2D eigenvalue weighted by Gasteiger charge is 2.41. The maximum atomic E-state index is 12.6. The molecular formula is C9H14F3N3. The molecule has 0 aliphatic carbocycles. The molecule has 0 aliphatic rings. The number of halogens is 3. The quantitative estimate of drug-likeness (QED) is 0.843. The third kappa shape index (κ3) is 3.23. The summed E-state index contributed by atoms with van der Waals surface area (Å²) in [5, 5.41) is 6.20. The number of hydrogen-bond acceptors (Lipinski definition) is 2. The number of nitrogens with one attached hydrogen (secondary N) is 1. The van der Waals surface area contributed by atoms with E-state index in [1.54, 1.807) is 7.05 Å². The van der Waals surface area contributed by atoms with Gasteiger partial charge in [-0.1, -0.05) is 6.92 Å². The lowest BCUT2D eigenvalue weighted by Crippen LogP contribution is -2.35. The number of alkyl halides is 3. The number of hydrogen-bond donors (Lipinski definition) is 1. The monoisotopic (exact) mass is 221 g/mol. The summed E-state index contributed by atoms with van der Waals surface area (Å²) >= 11 is 0. The van der Waals surface area contributed by atoms with Crippen LogP contribution >= 0.6 is 0 Å². The van der Waals surface area contributed by atoms with Gasteiger partial charge in [0.15, 0.2) is 0 Å². The summed E-state index contributed by atoms with van der Waals surface area (Å²) in [5.74, 6) is 0. The fraction of sp³-hybridized carbons (Fsp3) is 0.667. The molecule has 1 atom stereocenters. The molecule has 1 heterocycles. The number of aromatic nitrogens is 2. The van der Waals surface area contributed by atoms with E-state index in [4.69, 9.17) is 0 Å². The minimum Gasteiger partial charge on any atom is -0.301 e. The third-order valence-corrected chi connectivity index (χ3v) is 1.96. The Bertz CT molecular complexity index is 306. The van der Waals surface area contributed by atoms with Crippen molar-refractivity contribution >= 4 is 0 Å². The molecule has 15 heavy (non-hydrogen) atoms. The van der Waals surface area contributed by atoms with Crippen molar-refractivity contribution in [1.29, 1.82) is 0 Å². The van der Waals surface area contributed by atoms with Crippen molar-refractivity contribution in [2.24, 2.45) is 7.05 Å². The largest absolute Gasteiger partial charge is 0.409 e. The van der Waals surface area contributed by atoms with Crippen molar-refractivity contribution in [2.75, 3.05) is 6.54 Å². The van der Waals surface area contributed by atoms with E-state index < -0.39 is 12.2 Å². The molecule has 3 nitrogen and oxygen atoms in total. The Balaban J connectivity index is 2.81. The molecule has 0 radical (unpaired) electrons. The summed E-state index contributed by atoms with van der Waals surface area (Å²) in [6.45, 7) is 2.14. The predicted molar refractivity (Wildman–Crippen MR) is 50.3 cm³/mol. The summed E-state index contributed by atoms with van der Waals surface area (Å²) < 4.78 is 39.2. The Hall–Kier alpha value is -1.04. The minimum absolute atomic E-state index is 0.0125. The van der Waals surface area contributed by atoms with E-state index in [0.29, 0.717) is 13.0 Å². The molecule has 1 rings (SSSR count). The van der Waals surface area contributed by atoms with Crippen LogP contribution < -0.4 is 5.32 Å². The van der Waals surface area contributed by atoms with E-state index in [0.717, 1.165) is 0 Å². The van der Waals surface area contributed by atoms with Crippen LogP contribution in [0.15, 0.2) is 12.3 Å². The molecule has 86 valence electrons. The molecule has 1 unspecified atom stereocenters. The molecule has 0 aromatic carbocycles. The molecule has 0 bridgehead atoms. The fourth-order valence-electron chi connectivity index (χ4n) is 1.26. The average Bonchev–Trinajstić information content (AvgIpc) is 2.50. The normalized spacial score (nSPS) is 14.2. The van der Waals surface area contributed by atoms with Gasteiger partial charge < -0.3 is 5.32 Å². The van der Waals surface area contributed by atoms with E-state index in [1.807, 2.05) is 6.92 Å². The molecule has 0 amide bonds. The first kappa shape index (κ1) is 12.0. The van der Waals surface area contributed by atoms with Crippen LogP contribution in [0.4, 0.5) is 13.2 Å². The molecule has 0 saturated heterocycles. The number of nitrogens with zero attached hydrogens (tertiary/aromatic N) is 2. The van der Waals surface area contributed by atoms with Gasteiger partial charge in [0.1, 0.15) is 6.04 Å². The second-order valence-corrected chi connectivity index (χ2v) is 3.34. The first-order valence-corrected chi connectivity index (χ1v) is 4.74. The molecule has 1 aromatic heterocycles. The van der Waals surface area contributed by atoms with E-state index in [9.17, 15) is 13.2 Å². The lowest BCUT2D eigenvalue weighted by molar-refractivity contribution is -0.158. The van der Waals surface area contributed by atoms with Gasteiger partial charge in [0.2, 0.25) is 0 Å². The van der Waals surface area contributed by atoms with Crippen LogP contribution in [0, 0.1) is 0 Å². The lowest BCUT2D eigenvalue weighted by atomic mass is 10.2. The van der Waals surface area contributed by atoms with Crippen molar-refractivity contribution in [1.82, 2.24) is 15.1 Å². The summed E-state index contributed by atoms with van der Waals surface area (Å²) in [6, 6.07) is -0.292. The van der Waals surface area contributed by atoms with Gasteiger partial charge in [-0.05, 0) is 19.0 Å². The average molecular weight is 221 g/mol. The van der Waals surface area contributed by atoms with E-state index in [1.165, 1.54) is 16.9 Å². The molecule has 0 saturated carbocycles. The molecule has 6 heteroatoms. The second kappa shape index (κ2) is 4.65. The van der Waals surface area contributed by atoms with Crippen LogP contribution in [0.2, 0.25) is 0 Å². The standard InChI is InChI=1S/C9H14F3N3/c1-3-5-13-8(9(10,11)12)7-4-6-15(2)14-7/h4,6,8,13H,3,5H2,1-2H3. The summed E-state index contributed by atoms with van der Waals surface area (Å²) in [7, 11) is 1.59. The molecule has 1 aromatic rings. The molecule has 1 N–H and O–H groups in total. The summed E-state index contributed by atoms with van der Waals surface area (Å²) in [6.07, 6.45) is -2.15. The highest BCUT2D eigenvalue weighted by molar-refractivity contribution is 5.07. The van der Waals surface area contributed by atoms with Crippen LogP contribution in [-0.2, 0) is 7.05 Å². The molecule has 0 aliphatic heterocycles. The van der Waals surface area contributed by atoms with Gasteiger partial charge in [-0.3, -0.25) is 4.68 Å². The Kier molecular flexibility index (Phi) is 3.73. The van der Waals surface area contributed by atoms with Gasteiger partial charge in [-0.25, -0.2) is 0 Å². The summed E-state index contributed by atoms with van der Waals surface area (Å²) in [5.41, 5.74) is 0.0125. The highest BCUT2D eigenvalue weighted by Crippen LogP contribution is 2.31. The SMILES string of the molecule is CCCNC(c1ccn(C)n1)C(F)(F)F. The van der Waals surface area contributed by atoms with Gasteiger partial charge in [0.05, 0.1) is 5.69 Å². The smallest absolute Gasteiger partial charge is 0.301 e. The Labute approximate surface area is 86.3 Å². The van der Waals surface area contributed by atoms with Crippen LogP contribution in [0.5, 0.6) is 0 Å². The van der Waals surface area contributed by atoms with E-state index >= 15 is 0 Å². The van der Waals surface area contributed by atoms with Gasteiger partial charge >= 0.3 is 6.18 Å². The topological polar surface area (TPSA) is 29.9 Å². The predicted octanol–water partition coefficient (Wildman–Crippen LogP) is 2.02. The van der Waals surface area contributed by atoms with Crippen molar-refractivity contribution in [3.05, 3.63) is 18.0 Å². The number of aryl methyl sites for hydroxylation is 1. The zero-order chi connectivity index (χ0) is 11.5. The van der Waals surface area contributed by atoms with Crippen molar-refractivity contribution in [3.63, 3.8) is 0 Å². The highest BCUT2D eigenvalue weighted by atomic mass is 19.4. The maximum absolute atomic E-state index is 12.6. The zero-order valence-corrected chi connectivity index (χ0v) is 8.67. The van der Waals surface area contributed by atoms with E-state index in [2.05, 4.69) is 10.4 Å². The van der Waals surface area contributed by atoms with Gasteiger partial charge in [0.25, 0.3) is 0 Å². The Morgan fingerprint density at radius 1 is 1.53 bits per heavy atom. The van der Waals surface area contributed by atoms with Crippen molar-refractivity contribution in [2.45, 2.75) is 25.6 Å². The Morgan fingerprint density at radius 3 is 2.60 bits per heavy atom. The first-order chi connectivity index (χ1) is 6.95. The third-order valence-electron chi connectivity index (χ3n) is 1.96. The van der Waals surface area contributed by atoms with Gasteiger partial charge in [0, 0.05) is 13.2 Å². The van der Waals surface area contributed by atoms with Gasteiger partial charge in [-0.2, -0.15) is 18.3 Å². The van der Waals surface area contributed by atoms with Crippen LogP contribution in [0.25, 0.3) is 0 Å². The van der Waals surface area contributed by atoms with Crippen molar-refractivity contribution < 1.29 is 13.2 Å². The number of rotatable bonds is 4. The van der Waals surface area contributed by atoms with Crippen LogP contribution in [-0.4, -0.2) is 22.5 Å². The fourth-order valence-corrected chi connectivity index (χ4v) is 1.26. The van der Waals surface area contributed by atoms with Crippen LogP contribution in [0.3, 0.4) is 0 Å². The van der Waals surface area contributed by atoms with Crippen LogP contribution in [0.1, 0.15) is 25.1 Å². The summed E-state index contributed by atoms with van der Waals surface area (Å²) in [4.78, 5) is 0. The van der Waals surface area contributed by atoms with Crippen molar-refractivity contribution in [3.8, 4) is 0 Å². The van der Waals surface area contributed by atoms with Gasteiger partial charge in [-0.15, -0.1) is 0 Å². The molecule has 0 fully saturated rings. The molecule has 0 spiro atoms. The zero-order valence-electron chi connectivity index (χ0n) is 8.67. The Morgan fingerprint density at radius 2 is 2.20 bits per heavy atom. The lowest BCUT2D eigenvalue weighted by Gasteiger charge is -2.19. The first-order valence-electron chi connectivity index (χ1n) is 4.74. The minimum atomic E-state index is -4.30. The maximum Gasteiger partial charge on any atom is 0.409 e. The molecular weight excluding hydrogens is 207 g/mol. The second-order valence-electron chi connectivity index (χ2n) is 3.34. The van der Waals surface area contributed by atoms with E-state index in [-0.39, 0.29) is 5.69 Å².